The number of nitrogens with zero attached hydrogens (tertiary/aromatic N) is 3. The molecule has 0 aromatic heterocycles. The van der Waals surface area contributed by atoms with E-state index in [9.17, 15) is 57.5 Å². The van der Waals surface area contributed by atoms with Crippen LogP contribution in [0.2, 0.25) is 0 Å². The molecule has 0 aliphatic heterocycles. The lowest BCUT2D eigenvalue weighted by atomic mass is 10.1. The van der Waals surface area contributed by atoms with Crippen LogP contribution in [0.3, 0.4) is 0 Å². The number of rotatable bonds is 28. The smallest absolute Gasteiger partial charge is 0.339 e. The largest absolute Gasteiger partial charge is 0.464 e. The molecular weight excluding hydrogens is 967 g/mol. The van der Waals surface area contributed by atoms with Crippen LogP contribution in [0.15, 0.2) is 97.1 Å². The molecule has 0 fully saturated rings. The van der Waals surface area contributed by atoms with E-state index in [2.05, 4.69) is 17.9 Å². The molecule has 0 aliphatic rings. The molecule has 0 spiro atoms. The van der Waals surface area contributed by atoms with Crippen LogP contribution < -0.4 is 0 Å². The second-order valence-corrected chi connectivity index (χ2v) is 14.7. The van der Waals surface area contributed by atoms with Gasteiger partial charge in [-0.25, -0.2) is 52.8 Å². The summed E-state index contributed by atoms with van der Waals surface area (Å²) in [6.45, 7) is 4.33. The first kappa shape index (κ1) is 58.1. The summed E-state index contributed by atoms with van der Waals surface area (Å²) in [6.07, 6.45) is 0.0232. The first-order valence-electron chi connectivity index (χ1n) is 21.7. The van der Waals surface area contributed by atoms with Crippen LogP contribution in [0.4, 0.5) is 9.59 Å². The Bertz CT molecular complexity index is 2560. The van der Waals surface area contributed by atoms with Gasteiger partial charge in [0.05, 0.1) is 53.0 Å². The van der Waals surface area contributed by atoms with Crippen molar-refractivity contribution in [1.29, 1.82) is 0 Å². The van der Waals surface area contributed by atoms with Gasteiger partial charge < -0.3 is 47.5 Å². The zero-order valence-electron chi connectivity index (χ0n) is 39.9. The number of hydrogen-bond acceptors (Lipinski definition) is 21. The molecule has 24 nitrogen and oxygen atoms in total. The molecule has 0 atom stereocenters. The number of hydrogen-bond donors (Lipinski definition) is 0. The minimum Gasteiger partial charge on any atom is -0.464 e. The van der Waals surface area contributed by atoms with Gasteiger partial charge in [0.15, 0.2) is 0 Å². The van der Waals surface area contributed by atoms with E-state index in [4.69, 9.17) is 37.9 Å². The number of urea groups is 2. The number of carbonyl (C=O) groups is 12. The zero-order chi connectivity index (χ0) is 53.9. The highest BCUT2D eigenvalue weighted by molar-refractivity contribution is 6.05. The molecule has 0 saturated heterocycles. The van der Waals surface area contributed by atoms with Crippen molar-refractivity contribution in [3.05, 3.63) is 130 Å². The monoisotopic (exact) mass is 1020 g/mol. The third-order valence-corrected chi connectivity index (χ3v) is 9.33. The Morgan fingerprint density at radius 2 is 0.726 bits per heavy atom. The average molecular weight is 1020 g/mol. The van der Waals surface area contributed by atoms with Crippen molar-refractivity contribution >= 4 is 72.7 Å². The number of likely N-dealkylation sites (N-methyl/N-ethyl adjacent to an activating group) is 1. The molecule has 0 aliphatic carbocycles. The van der Waals surface area contributed by atoms with Gasteiger partial charge in [-0.05, 0) is 50.2 Å². The number of esters is 8. The van der Waals surface area contributed by atoms with Crippen molar-refractivity contribution < 1.29 is 100 Å². The summed E-state index contributed by atoms with van der Waals surface area (Å²) in [6, 6.07) is 13.7. The van der Waals surface area contributed by atoms with E-state index in [0.717, 1.165) is 4.90 Å². The molecule has 24 heteroatoms. The number of imide groups is 2. The summed E-state index contributed by atoms with van der Waals surface area (Å²) < 4.78 is 45.4. The Kier molecular flexibility index (Phi) is 24.2. The van der Waals surface area contributed by atoms with Crippen LogP contribution in [0, 0.1) is 0 Å². The van der Waals surface area contributed by atoms with Gasteiger partial charge >= 0.3 is 59.8 Å². The van der Waals surface area contributed by atoms with Crippen molar-refractivity contribution in [2.24, 2.45) is 0 Å². The third kappa shape index (κ3) is 18.6. The number of benzene rings is 3. The van der Waals surface area contributed by atoms with Gasteiger partial charge in [0.1, 0.15) is 59.5 Å². The molecule has 388 valence electrons. The predicted octanol–water partition coefficient (Wildman–Crippen LogP) is 3.37. The van der Waals surface area contributed by atoms with E-state index >= 15 is 0 Å². The Labute approximate surface area is 417 Å². The highest BCUT2D eigenvalue weighted by atomic mass is 16.6. The highest BCUT2D eigenvalue weighted by Crippen LogP contribution is 2.16. The van der Waals surface area contributed by atoms with Crippen LogP contribution in [-0.4, -0.2) is 174 Å². The van der Waals surface area contributed by atoms with E-state index in [1.54, 1.807) is 0 Å². The normalized spacial score (nSPS) is 10.2. The fourth-order valence-electron chi connectivity index (χ4n) is 5.66. The van der Waals surface area contributed by atoms with Crippen LogP contribution in [-0.2, 0) is 61.8 Å². The number of carbonyl (C=O) groups excluding carboxylic acids is 12. The molecular formula is C49H51N3O21. The lowest BCUT2D eigenvalue weighted by Gasteiger charge is -2.29. The first-order chi connectivity index (χ1) is 34.9. The zero-order valence-corrected chi connectivity index (χ0v) is 39.9. The second kappa shape index (κ2) is 30.4. The standard InChI is InChI=1S/C49H51N3O21/c1-32(2)40(55)69-26-28-72-46(61)38-16-10-7-13-35(38)43(58)67-22-19-51(30-53)49(64)52(20-23-68-44(59)36-14-8-11-17-39(36)47(62)73-29-27-70-41(56)33(3)4)48(63)50(5)18-21-66-42(57)34-12-6-9-15-37(34)45(60)71-25-24-65-31-54/h6-17,30-31H,1,3,18-29H2,2,4-5H3. The lowest BCUT2D eigenvalue weighted by Crippen LogP contribution is -2.52. The van der Waals surface area contributed by atoms with E-state index < -0.39 is 99.3 Å². The van der Waals surface area contributed by atoms with E-state index in [1.165, 1.54) is 93.7 Å². The molecule has 73 heavy (non-hydrogen) atoms. The molecule has 0 saturated carbocycles. The van der Waals surface area contributed by atoms with E-state index in [1.807, 2.05) is 0 Å². The molecule has 0 heterocycles. The molecule has 3 aromatic rings. The minimum atomic E-state index is -1.31. The van der Waals surface area contributed by atoms with Crippen molar-refractivity contribution in [3.63, 3.8) is 0 Å². The first-order valence-corrected chi connectivity index (χ1v) is 21.7. The molecule has 3 rings (SSSR count). The van der Waals surface area contributed by atoms with Crippen LogP contribution in [0.25, 0.3) is 0 Å². The van der Waals surface area contributed by atoms with Crippen LogP contribution in [0.1, 0.15) is 76.0 Å². The summed E-state index contributed by atoms with van der Waals surface area (Å²) in [5.41, 5.74) is -1.17. The van der Waals surface area contributed by atoms with Crippen molar-refractivity contribution in [1.82, 2.24) is 14.7 Å². The summed E-state index contributed by atoms with van der Waals surface area (Å²) >= 11 is 0. The van der Waals surface area contributed by atoms with Gasteiger partial charge in [0, 0.05) is 18.2 Å². The Morgan fingerprint density at radius 3 is 1.05 bits per heavy atom. The molecule has 5 amide bonds. The minimum absolute atomic E-state index is 0.0232. The SMILES string of the molecule is C=C(C)C(=O)OCCOC(=O)c1ccccc1C(=O)OCCN(C=O)C(=O)N(CCOC(=O)c1ccccc1C(=O)OCCOC(=O)C(=C)C)C(=O)N(C)CCOC(=O)c1ccccc1C(=O)OCCOC=O. The number of amides is 5. The fraction of sp³-hybridized carbons (Fsp3) is 0.306. The maximum Gasteiger partial charge on any atom is 0.339 e. The van der Waals surface area contributed by atoms with E-state index in [-0.39, 0.29) is 97.1 Å². The maximum atomic E-state index is 13.9. The molecule has 3 aromatic carbocycles. The third-order valence-electron chi connectivity index (χ3n) is 9.33. The van der Waals surface area contributed by atoms with Gasteiger partial charge in [0.25, 0.3) is 6.47 Å². The predicted molar refractivity (Wildman–Crippen MR) is 247 cm³/mol. The van der Waals surface area contributed by atoms with Gasteiger partial charge in [-0.3, -0.25) is 14.5 Å². The quantitative estimate of drug-likeness (QED) is 0.0331. The Hall–Kier alpha value is -9.22. The summed E-state index contributed by atoms with van der Waals surface area (Å²) in [5, 5.41) is 0. The average Bonchev–Trinajstić information content (AvgIpc) is 3.39. The maximum absolute atomic E-state index is 13.9. The van der Waals surface area contributed by atoms with Crippen molar-refractivity contribution in [3.8, 4) is 0 Å². The topological polar surface area (TPSA) is 298 Å². The van der Waals surface area contributed by atoms with Gasteiger partial charge in [-0.1, -0.05) is 49.6 Å². The molecule has 0 radical (unpaired) electrons. The van der Waals surface area contributed by atoms with Gasteiger partial charge in [-0.15, -0.1) is 0 Å². The highest BCUT2D eigenvalue weighted by Gasteiger charge is 2.31. The Balaban J connectivity index is 1.75. The van der Waals surface area contributed by atoms with E-state index in [0.29, 0.717) is 9.80 Å². The summed E-state index contributed by atoms with van der Waals surface area (Å²) in [4.78, 5) is 154. The van der Waals surface area contributed by atoms with Crippen LogP contribution in [0.5, 0.6) is 0 Å². The summed E-state index contributed by atoms with van der Waals surface area (Å²) in [7, 11) is 1.20. The Morgan fingerprint density at radius 1 is 0.425 bits per heavy atom. The van der Waals surface area contributed by atoms with Gasteiger partial charge in [-0.2, -0.15) is 0 Å². The molecule has 0 unspecified atom stereocenters. The number of ether oxygens (including phenoxy) is 9. The molecule has 0 bridgehead atoms. The fourth-order valence-corrected chi connectivity index (χ4v) is 5.66. The van der Waals surface area contributed by atoms with Gasteiger partial charge in [0.2, 0.25) is 6.41 Å². The van der Waals surface area contributed by atoms with Crippen LogP contribution >= 0.6 is 0 Å². The molecule has 0 N–H and O–H groups in total. The second-order valence-electron chi connectivity index (χ2n) is 14.7. The summed E-state index contributed by atoms with van der Waals surface area (Å²) in [5.74, 6) is -7.48. The van der Waals surface area contributed by atoms with Crippen molar-refractivity contribution in [2.75, 3.05) is 86.1 Å². The lowest BCUT2D eigenvalue weighted by molar-refractivity contribution is -0.140. The van der Waals surface area contributed by atoms with Crippen molar-refractivity contribution in [2.45, 2.75) is 13.8 Å².